The van der Waals surface area contributed by atoms with Gasteiger partial charge in [0.2, 0.25) is 0 Å². The van der Waals surface area contributed by atoms with E-state index < -0.39 is 0 Å². The van der Waals surface area contributed by atoms with Crippen molar-refractivity contribution in [3.8, 4) is 0 Å². The predicted molar refractivity (Wildman–Crippen MR) is 77.4 cm³/mol. The van der Waals surface area contributed by atoms with Crippen molar-refractivity contribution in [3.05, 3.63) is 34.9 Å². The van der Waals surface area contributed by atoms with Crippen LogP contribution in [0.2, 0.25) is 0 Å². The lowest BCUT2D eigenvalue weighted by Gasteiger charge is -2.27. The molecule has 2 nitrogen and oxygen atoms in total. The van der Waals surface area contributed by atoms with Gasteiger partial charge in [0.15, 0.2) is 0 Å². The Kier molecular flexibility index (Phi) is 5.22. The van der Waals surface area contributed by atoms with E-state index >= 15 is 0 Å². The molecule has 1 saturated heterocycles. The van der Waals surface area contributed by atoms with E-state index in [1.54, 1.807) is 0 Å². The first kappa shape index (κ1) is 14.0. The summed E-state index contributed by atoms with van der Waals surface area (Å²) in [5.41, 5.74) is 4.18. The van der Waals surface area contributed by atoms with Gasteiger partial charge in [-0.15, -0.1) is 0 Å². The van der Waals surface area contributed by atoms with Gasteiger partial charge in [-0.1, -0.05) is 48.0 Å². The highest BCUT2D eigenvalue weighted by Gasteiger charge is 2.24. The van der Waals surface area contributed by atoms with Gasteiger partial charge in [-0.3, -0.25) is 0 Å². The van der Waals surface area contributed by atoms with Gasteiger partial charge in [0, 0.05) is 0 Å². The molecule has 2 unspecified atom stereocenters. The Balaban J connectivity index is 2.16. The first-order valence-corrected chi connectivity index (χ1v) is 7.63. The van der Waals surface area contributed by atoms with Crippen molar-refractivity contribution in [2.45, 2.75) is 37.6 Å². The van der Waals surface area contributed by atoms with Gasteiger partial charge in [0.25, 0.3) is 0 Å². The summed E-state index contributed by atoms with van der Waals surface area (Å²) in [6.07, 6.45) is 2.30. The maximum atomic E-state index is 5.75. The molecule has 0 saturated carbocycles. The summed E-state index contributed by atoms with van der Waals surface area (Å²) in [6, 6.07) is 6.75. The summed E-state index contributed by atoms with van der Waals surface area (Å²) in [4.78, 5) is 0.217. The summed E-state index contributed by atoms with van der Waals surface area (Å²) >= 11 is 3.75. The maximum absolute atomic E-state index is 5.75. The summed E-state index contributed by atoms with van der Waals surface area (Å²) in [5.74, 6) is 0. The predicted octanol–water partition coefficient (Wildman–Crippen LogP) is 3.66. The van der Waals surface area contributed by atoms with E-state index in [1.165, 1.54) is 16.7 Å². The smallest absolute Gasteiger partial charge is 0.0975 e. The van der Waals surface area contributed by atoms with Crippen molar-refractivity contribution in [2.24, 2.45) is 0 Å². The molecular formula is C15H21BrO2. The van der Waals surface area contributed by atoms with E-state index in [4.69, 9.17) is 9.47 Å². The van der Waals surface area contributed by atoms with E-state index in [0.29, 0.717) is 19.8 Å². The van der Waals surface area contributed by atoms with E-state index in [1.807, 2.05) is 0 Å². The highest BCUT2D eigenvalue weighted by atomic mass is 79.9. The Labute approximate surface area is 118 Å². The minimum Gasteiger partial charge on any atom is -0.376 e. The second-order valence-electron chi connectivity index (χ2n) is 4.62. The van der Waals surface area contributed by atoms with Crippen molar-refractivity contribution in [3.63, 3.8) is 0 Å². The number of alkyl halides is 1. The molecule has 0 bridgehead atoms. The average Bonchev–Trinajstić information content (AvgIpc) is 2.46. The molecular weight excluding hydrogens is 292 g/mol. The van der Waals surface area contributed by atoms with Gasteiger partial charge >= 0.3 is 0 Å². The number of rotatable bonds is 4. The van der Waals surface area contributed by atoms with Crippen LogP contribution in [-0.4, -0.2) is 25.9 Å². The van der Waals surface area contributed by atoms with Crippen molar-refractivity contribution < 1.29 is 9.47 Å². The van der Waals surface area contributed by atoms with Gasteiger partial charge in [0.1, 0.15) is 0 Å². The molecule has 2 atom stereocenters. The topological polar surface area (TPSA) is 18.5 Å². The fraction of sp³-hybridized carbons (Fsp3) is 0.600. The number of ether oxygens (including phenoxy) is 2. The highest BCUT2D eigenvalue weighted by Crippen LogP contribution is 2.31. The van der Waals surface area contributed by atoms with Crippen LogP contribution in [0.4, 0.5) is 0 Å². The van der Waals surface area contributed by atoms with Crippen LogP contribution >= 0.6 is 15.9 Å². The van der Waals surface area contributed by atoms with Crippen LogP contribution in [0, 0.1) is 0 Å². The third-order valence-corrected chi connectivity index (χ3v) is 4.60. The largest absolute Gasteiger partial charge is 0.376 e. The number of hydrogen-bond donors (Lipinski definition) is 0. The average molecular weight is 313 g/mol. The van der Waals surface area contributed by atoms with Crippen LogP contribution in [0.1, 0.15) is 35.4 Å². The van der Waals surface area contributed by atoms with Crippen LogP contribution in [0.15, 0.2) is 18.2 Å². The first-order valence-electron chi connectivity index (χ1n) is 6.71. The molecule has 1 heterocycles. The Hall–Kier alpha value is -0.380. The summed E-state index contributed by atoms with van der Waals surface area (Å²) < 4.78 is 11.2. The van der Waals surface area contributed by atoms with E-state index in [9.17, 15) is 0 Å². The Morgan fingerprint density at radius 1 is 1.22 bits per heavy atom. The van der Waals surface area contributed by atoms with Crippen LogP contribution in [0.5, 0.6) is 0 Å². The third kappa shape index (κ3) is 3.14. The first-order chi connectivity index (χ1) is 8.76. The zero-order valence-electron chi connectivity index (χ0n) is 11.1. The lowest BCUT2D eigenvalue weighted by Crippen LogP contribution is -2.31. The van der Waals surface area contributed by atoms with Crippen molar-refractivity contribution in [1.29, 1.82) is 0 Å². The van der Waals surface area contributed by atoms with Crippen molar-refractivity contribution in [1.82, 2.24) is 0 Å². The third-order valence-electron chi connectivity index (χ3n) is 3.48. The lowest BCUT2D eigenvalue weighted by atomic mass is 9.97. The molecule has 0 N–H and O–H groups in total. The van der Waals surface area contributed by atoms with E-state index in [-0.39, 0.29) is 10.9 Å². The minimum atomic E-state index is 0.121. The van der Waals surface area contributed by atoms with Gasteiger partial charge in [-0.25, -0.2) is 0 Å². The number of aryl methyl sites for hydroxylation is 2. The van der Waals surface area contributed by atoms with Crippen molar-refractivity contribution in [2.75, 3.05) is 19.8 Å². The molecule has 0 spiro atoms. The van der Waals surface area contributed by atoms with Gasteiger partial charge in [-0.2, -0.15) is 0 Å². The monoisotopic (exact) mass is 312 g/mol. The van der Waals surface area contributed by atoms with E-state index in [2.05, 4.69) is 48.0 Å². The molecule has 3 heteroatoms. The standard InChI is InChI=1S/C15H21BrO2/c1-3-11-5-6-13(9-12(11)4-2)15(16)14-10-17-7-8-18-14/h5-6,9,14-15H,3-4,7-8,10H2,1-2H3. The van der Waals surface area contributed by atoms with E-state index in [0.717, 1.165) is 12.8 Å². The molecule has 18 heavy (non-hydrogen) atoms. The SMILES string of the molecule is CCc1ccc(C(Br)C2COCCO2)cc1CC. The zero-order chi connectivity index (χ0) is 13.0. The molecule has 2 rings (SSSR count). The van der Waals surface area contributed by atoms with Gasteiger partial charge in [0.05, 0.1) is 30.8 Å². The Morgan fingerprint density at radius 2 is 2.00 bits per heavy atom. The fourth-order valence-corrected chi connectivity index (χ4v) is 2.97. The molecule has 100 valence electrons. The van der Waals surface area contributed by atoms with Crippen LogP contribution in [-0.2, 0) is 22.3 Å². The molecule has 0 amide bonds. The molecule has 1 aliphatic rings. The van der Waals surface area contributed by atoms with Crippen LogP contribution in [0.25, 0.3) is 0 Å². The lowest BCUT2D eigenvalue weighted by molar-refractivity contribution is -0.0876. The highest BCUT2D eigenvalue weighted by molar-refractivity contribution is 9.09. The molecule has 1 aromatic carbocycles. The molecule has 1 fully saturated rings. The fourth-order valence-electron chi connectivity index (χ4n) is 2.38. The quantitative estimate of drug-likeness (QED) is 0.790. The molecule has 1 aromatic rings. The molecule has 0 radical (unpaired) electrons. The van der Waals surface area contributed by atoms with Crippen LogP contribution in [0.3, 0.4) is 0 Å². The second-order valence-corrected chi connectivity index (χ2v) is 5.61. The minimum absolute atomic E-state index is 0.121. The summed E-state index contributed by atoms with van der Waals surface area (Å²) in [5, 5.41) is 0. The maximum Gasteiger partial charge on any atom is 0.0975 e. The van der Waals surface area contributed by atoms with Gasteiger partial charge < -0.3 is 9.47 Å². The number of hydrogen-bond acceptors (Lipinski definition) is 2. The molecule has 1 aliphatic heterocycles. The number of halogens is 1. The van der Waals surface area contributed by atoms with Crippen molar-refractivity contribution >= 4 is 15.9 Å². The Morgan fingerprint density at radius 3 is 2.61 bits per heavy atom. The normalized spacial score (nSPS) is 21.8. The Bertz CT molecular complexity index is 386. The molecule has 0 aliphatic carbocycles. The van der Waals surface area contributed by atoms with Gasteiger partial charge in [-0.05, 0) is 29.5 Å². The molecule has 0 aromatic heterocycles. The summed E-state index contributed by atoms with van der Waals surface area (Å²) in [6.45, 7) is 6.50. The summed E-state index contributed by atoms with van der Waals surface area (Å²) in [7, 11) is 0. The van der Waals surface area contributed by atoms with Crippen LogP contribution < -0.4 is 0 Å². The second kappa shape index (κ2) is 6.69. The number of benzene rings is 1. The zero-order valence-corrected chi connectivity index (χ0v) is 12.7.